The highest BCUT2D eigenvalue weighted by Crippen LogP contribution is 2.30. The van der Waals surface area contributed by atoms with Gasteiger partial charge in [-0.15, -0.1) is 0 Å². The topological polar surface area (TPSA) is 21.3 Å². The van der Waals surface area contributed by atoms with E-state index >= 15 is 0 Å². The Morgan fingerprint density at radius 2 is 2.11 bits per heavy atom. The zero-order valence-corrected chi connectivity index (χ0v) is 12.8. The smallest absolute Gasteiger partial charge is 0.123 e. The van der Waals surface area contributed by atoms with Crippen molar-refractivity contribution < 1.29 is 4.74 Å². The Labute approximate surface area is 121 Å². The van der Waals surface area contributed by atoms with Gasteiger partial charge in [0.15, 0.2) is 0 Å². The van der Waals surface area contributed by atoms with Crippen LogP contribution in [0.15, 0.2) is 18.2 Å². The number of hydrogen-bond donors (Lipinski definition) is 1. The highest BCUT2D eigenvalue weighted by atomic mass is 35.5. The molecule has 2 rings (SSSR count). The SMILES string of the molecule is CCC(CC)C(C)NCC1Cc2cc(Cl)ccc2O1. The quantitative estimate of drug-likeness (QED) is 0.849. The first-order chi connectivity index (χ1) is 9.13. The number of benzene rings is 1. The molecule has 1 aliphatic rings. The van der Waals surface area contributed by atoms with Crippen molar-refractivity contribution in [3.8, 4) is 5.75 Å². The average Bonchev–Trinajstić information content (AvgIpc) is 2.79. The molecule has 1 aliphatic heterocycles. The van der Waals surface area contributed by atoms with Gasteiger partial charge in [-0.05, 0) is 36.6 Å². The van der Waals surface area contributed by atoms with Crippen molar-refractivity contribution in [1.82, 2.24) is 5.32 Å². The normalized spacial score (nSPS) is 19.3. The van der Waals surface area contributed by atoms with Crippen molar-refractivity contribution in [1.29, 1.82) is 0 Å². The molecule has 0 aromatic heterocycles. The van der Waals surface area contributed by atoms with E-state index in [2.05, 4.69) is 26.1 Å². The summed E-state index contributed by atoms with van der Waals surface area (Å²) in [5, 5.41) is 4.41. The largest absolute Gasteiger partial charge is 0.488 e. The molecule has 0 bridgehead atoms. The fourth-order valence-electron chi connectivity index (χ4n) is 2.88. The molecule has 19 heavy (non-hydrogen) atoms. The summed E-state index contributed by atoms with van der Waals surface area (Å²) in [5.41, 5.74) is 1.23. The molecule has 3 heteroatoms. The Balaban J connectivity index is 1.84. The monoisotopic (exact) mass is 281 g/mol. The second-order valence-corrected chi connectivity index (χ2v) is 5.91. The fourth-order valence-corrected chi connectivity index (χ4v) is 3.08. The predicted molar refractivity (Wildman–Crippen MR) is 81.1 cm³/mol. The third-order valence-electron chi connectivity index (χ3n) is 4.19. The molecule has 2 nitrogen and oxygen atoms in total. The molecule has 0 amide bonds. The lowest BCUT2D eigenvalue weighted by atomic mass is 9.95. The van der Waals surface area contributed by atoms with Crippen LogP contribution in [0.2, 0.25) is 5.02 Å². The molecule has 0 saturated carbocycles. The van der Waals surface area contributed by atoms with E-state index in [9.17, 15) is 0 Å². The van der Waals surface area contributed by atoms with Crippen LogP contribution in [0, 0.1) is 5.92 Å². The van der Waals surface area contributed by atoms with Gasteiger partial charge in [0.05, 0.1) is 0 Å². The molecular weight excluding hydrogens is 258 g/mol. The van der Waals surface area contributed by atoms with Gasteiger partial charge in [0.2, 0.25) is 0 Å². The van der Waals surface area contributed by atoms with Crippen molar-refractivity contribution in [2.24, 2.45) is 5.92 Å². The van der Waals surface area contributed by atoms with E-state index in [1.54, 1.807) is 0 Å². The van der Waals surface area contributed by atoms with E-state index in [1.807, 2.05) is 18.2 Å². The van der Waals surface area contributed by atoms with Gasteiger partial charge in [0.25, 0.3) is 0 Å². The van der Waals surface area contributed by atoms with E-state index in [1.165, 1.54) is 18.4 Å². The second-order valence-electron chi connectivity index (χ2n) is 5.47. The van der Waals surface area contributed by atoms with Crippen molar-refractivity contribution >= 4 is 11.6 Å². The Kier molecular flexibility index (Phi) is 5.12. The second kappa shape index (κ2) is 6.62. The zero-order chi connectivity index (χ0) is 13.8. The van der Waals surface area contributed by atoms with Crippen molar-refractivity contribution in [3.05, 3.63) is 28.8 Å². The van der Waals surface area contributed by atoms with Crippen LogP contribution in [-0.2, 0) is 6.42 Å². The number of rotatable bonds is 6. The standard InChI is InChI=1S/C16H24ClNO/c1-4-12(5-2)11(3)18-10-15-9-13-8-14(17)6-7-16(13)19-15/h6-8,11-12,15,18H,4-5,9-10H2,1-3H3. The molecule has 2 atom stereocenters. The minimum absolute atomic E-state index is 0.241. The van der Waals surface area contributed by atoms with Gasteiger partial charge < -0.3 is 10.1 Å². The maximum absolute atomic E-state index is 6.01. The summed E-state index contributed by atoms with van der Waals surface area (Å²) in [6.45, 7) is 7.70. The molecule has 1 N–H and O–H groups in total. The summed E-state index contributed by atoms with van der Waals surface area (Å²) in [6, 6.07) is 6.43. The Bertz CT molecular complexity index is 417. The number of hydrogen-bond acceptors (Lipinski definition) is 2. The van der Waals surface area contributed by atoms with Gasteiger partial charge in [-0.1, -0.05) is 38.3 Å². The minimum Gasteiger partial charge on any atom is -0.488 e. The van der Waals surface area contributed by atoms with E-state index in [4.69, 9.17) is 16.3 Å². The lowest BCUT2D eigenvalue weighted by molar-refractivity contribution is 0.212. The van der Waals surface area contributed by atoms with Crippen LogP contribution < -0.4 is 10.1 Å². The molecule has 106 valence electrons. The first kappa shape index (κ1) is 14.7. The molecule has 1 aromatic rings. The minimum atomic E-state index is 0.241. The molecular formula is C16H24ClNO. The summed E-state index contributed by atoms with van der Waals surface area (Å²) in [4.78, 5) is 0. The van der Waals surface area contributed by atoms with Gasteiger partial charge in [-0.2, -0.15) is 0 Å². The first-order valence-corrected chi connectivity index (χ1v) is 7.70. The fraction of sp³-hybridized carbons (Fsp3) is 0.625. The van der Waals surface area contributed by atoms with Crippen LogP contribution in [0.3, 0.4) is 0 Å². The zero-order valence-electron chi connectivity index (χ0n) is 12.1. The van der Waals surface area contributed by atoms with Crippen LogP contribution in [0.1, 0.15) is 39.2 Å². The van der Waals surface area contributed by atoms with Crippen molar-refractivity contribution in [3.63, 3.8) is 0 Å². The predicted octanol–water partition coefficient (Wildman–Crippen LogP) is 4.06. The lowest BCUT2D eigenvalue weighted by Gasteiger charge is -2.24. The number of halogens is 1. The van der Waals surface area contributed by atoms with E-state index in [-0.39, 0.29) is 6.10 Å². The van der Waals surface area contributed by atoms with Crippen molar-refractivity contribution in [2.45, 2.75) is 52.2 Å². The molecule has 0 saturated heterocycles. The molecule has 0 aliphatic carbocycles. The van der Waals surface area contributed by atoms with Gasteiger partial charge in [-0.3, -0.25) is 0 Å². The summed E-state index contributed by atoms with van der Waals surface area (Å²) >= 11 is 6.01. The van der Waals surface area contributed by atoms with E-state index < -0.39 is 0 Å². The highest BCUT2D eigenvalue weighted by Gasteiger charge is 2.24. The maximum Gasteiger partial charge on any atom is 0.123 e. The van der Waals surface area contributed by atoms with Gasteiger partial charge in [0, 0.05) is 24.0 Å². The maximum atomic E-state index is 6.01. The van der Waals surface area contributed by atoms with Crippen LogP contribution in [0.4, 0.5) is 0 Å². The summed E-state index contributed by atoms with van der Waals surface area (Å²) in [5.74, 6) is 1.74. The Morgan fingerprint density at radius 3 is 2.79 bits per heavy atom. The van der Waals surface area contributed by atoms with Crippen LogP contribution in [0.25, 0.3) is 0 Å². The summed E-state index contributed by atoms with van der Waals surface area (Å²) in [7, 11) is 0. The highest BCUT2D eigenvalue weighted by molar-refractivity contribution is 6.30. The summed E-state index contributed by atoms with van der Waals surface area (Å²) in [6.07, 6.45) is 3.65. The average molecular weight is 282 g/mol. The third kappa shape index (κ3) is 3.64. The molecule has 0 radical (unpaired) electrons. The van der Waals surface area contributed by atoms with Gasteiger partial charge in [0.1, 0.15) is 11.9 Å². The number of ether oxygens (including phenoxy) is 1. The van der Waals surface area contributed by atoms with Crippen LogP contribution in [-0.4, -0.2) is 18.7 Å². The Hall–Kier alpha value is -0.730. The molecule has 1 aromatic carbocycles. The first-order valence-electron chi connectivity index (χ1n) is 7.32. The third-order valence-corrected chi connectivity index (χ3v) is 4.42. The van der Waals surface area contributed by atoms with Crippen molar-refractivity contribution in [2.75, 3.05) is 6.54 Å². The van der Waals surface area contributed by atoms with Crippen LogP contribution >= 0.6 is 11.6 Å². The van der Waals surface area contributed by atoms with Crippen LogP contribution in [0.5, 0.6) is 5.75 Å². The Morgan fingerprint density at radius 1 is 1.37 bits per heavy atom. The molecule has 0 fully saturated rings. The van der Waals surface area contributed by atoms with E-state index in [0.29, 0.717) is 6.04 Å². The molecule has 0 spiro atoms. The number of fused-ring (bicyclic) bond motifs is 1. The van der Waals surface area contributed by atoms with Gasteiger partial charge in [-0.25, -0.2) is 0 Å². The summed E-state index contributed by atoms with van der Waals surface area (Å²) < 4.78 is 5.94. The number of nitrogens with one attached hydrogen (secondary N) is 1. The van der Waals surface area contributed by atoms with E-state index in [0.717, 1.165) is 29.7 Å². The molecule has 1 heterocycles. The van der Waals surface area contributed by atoms with Gasteiger partial charge >= 0.3 is 0 Å². The lowest BCUT2D eigenvalue weighted by Crippen LogP contribution is -2.39. The molecule has 2 unspecified atom stereocenters.